The number of hydrogen-bond acceptors (Lipinski definition) is 4. The lowest BCUT2D eigenvalue weighted by Crippen LogP contribution is -2.00. The maximum atomic E-state index is 9.61. The van der Waals surface area contributed by atoms with Crippen LogP contribution in [0.1, 0.15) is 22.5 Å². The van der Waals surface area contributed by atoms with E-state index in [0.29, 0.717) is 5.56 Å². The second kappa shape index (κ2) is 7.29. The Hall–Kier alpha value is -3.04. The van der Waals surface area contributed by atoms with Crippen molar-refractivity contribution in [1.29, 1.82) is 5.26 Å². The fourth-order valence-corrected chi connectivity index (χ4v) is 3.57. The molecule has 0 saturated carbocycles. The Kier molecular flexibility index (Phi) is 4.69. The number of fused-ring (bicyclic) bond motifs is 1. The fourth-order valence-electron chi connectivity index (χ4n) is 3.19. The smallest absolute Gasteiger partial charge is 0.159 e. The minimum atomic E-state index is 0.674. The maximum absolute atomic E-state index is 9.61. The molecule has 0 unspecified atom stereocenters. The van der Waals surface area contributed by atoms with Crippen LogP contribution < -0.4 is 0 Å². The van der Waals surface area contributed by atoms with Gasteiger partial charge in [0, 0.05) is 24.3 Å². The molecule has 0 saturated heterocycles. The van der Waals surface area contributed by atoms with Crippen molar-refractivity contribution in [3.8, 4) is 17.2 Å². The van der Waals surface area contributed by atoms with Crippen LogP contribution in [0, 0.1) is 18.3 Å². The Morgan fingerprint density at radius 2 is 1.96 bits per heavy atom. The SMILES string of the molecule is Cc1cc(-c2ccc(CCc3nccn4c(Br)cnc34)cc2C#N)ccn1. The van der Waals surface area contributed by atoms with Crippen molar-refractivity contribution in [2.75, 3.05) is 0 Å². The van der Waals surface area contributed by atoms with Crippen molar-refractivity contribution >= 4 is 21.6 Å². The summed E-state index contributed by atoms with van der Waals surface area (Å²) >= 11 is 3.48. The molecule has 0 spiro atoms. The Labute approximate surface area is 165 Å². The highest BCUT2D eigenvalue weighted by Gasteiger charge is 2.10. The van der Waals surface area contributed by atoms with Crippen molar-refractivity contribution in [2.24, 2.45) is 0 Å². The first kappa shape index (κ1) is 17.4. The molecule has 3 heterocycles. The van der Waals surface area contributed by atoms with Gasteiger partial charge in [0.2, 0.25) is 0 Å². The summed E-state index contributed by atoms with van der Waals surface area (Å²) in [4.78, 5) is 13.1. The molecular weight excluding hydrogens is 402 g/mol. The number of halogens is 1. The number of benzene rings is 1. The van der Waals surface area contributed by atoms with Crippen molar-refractivity contribution in [2.45, 2.75) is 19.8 Å². The van der Waals surface area contributed by atoms with Gasteiger partial charge in [-0.1, -0.05) is 12.1 Å². The molecule has 0 radical (unpaired) electrons. The van der Waals surface area contributed by atoms with Gasteiger partial charge in [0.25, 0.3) is 0 Å². The third-order valence-electron chi connectivity index (χ3n) is 4.52. The molecular formula is C21H16BrN5. The molecule has 1 aromatic carbocycles. The molecule has 4 aromatic rings. The van der Waals surface area contributed by atoms with Crippen molar-refractivity contribution in [3.63, 3.8) is 0 Å². The van der Waals surface area contributed by atoms with Crippen LogP contribution in [0.15, 0.2) is 59.7 Å². The molecule has 0 amide bonds. The van der Waals surface area contributed by atoms with Gasteiger partial charge in [-0.05, 0) is 70.6 Å². The first-order chi connectivity index (χ1) is 13.2. The third kappa shape index (κ3) is 3.46. The van der Waals surface area contributed by atoms with Gasteiger partial charge in [0.05, 0.1) is 23.5 Å². The first-order valence-electron chi connectivity index (χ1n) is 8.58. The van der Waals surface area contributed by atoms with E-state index in [0.717, 1.165) is 51.2 Å². The molecule has 0 aliphatic heterocycles. The number of hydrogen-bond donors (Lipinski definition) is 0. The first-order valence-corrected chi connectivity index (χ1v) is 9.37. The summed E-state index contributed by atoms with van der Waals surface area (Å²) in [7, 11) is 0. The summed E-state index contributed by atoms with van der Waals surface area (Å²) in [6.45, 7) is 1.95. The van der Waals surface area contributed by atoms with Crippen LogP contribution in [-0.4, -0.2) is 19.4 Å². The highest BCUT2D eigenvalue weighted by molar-refractivity contribution is 9.10. The second-order valence-electron chi connectivity index (χ2n) is 6.33. The van der Waals surface area contributed by atoms with E-state index in [1.807, 2.05) is 41.8 Å². The largest absolute Gasteiger partial charge is 0.291 e. The third-order valence-corrected chi connectivity index (χ3v) is 5.11. The minimum absolute atomic E-state index is 0.674. The predicted octanol–water partition coefficient (Wildman–Crippen LogP) is 4.52. The average molecular weight is 418 g/mol. The lowest BCUT2D eigenvalue weighted by molar-refractivity contribution is 0.899. The van der Waals surface area contributed by atoms with E-state index in [2.05, 4.69) is 43.0 Å². The van der Waals surface area contributed by atoms with Crippen LogP contribution in [0.4, 0.5) is 0 Å². The molecule has 4 rings (SSSR count). The van der Waals surface area contributed by atoms with E-state index < -0.39 is 0 Å². The summed E-state index contributed by atoms with van der Waals surface area (Å²) in [5, 5.41) is 9.61. The van der Waals surface area contributed by atoms with E-state index in [4.69, 9.17) is 0 Å². The topological polar surface area (TPSA) is 66.9 Å². The summed E-state index contributed by atoms with van der Waals surface area (Å²) < 4.78 is 2.88. The number of imidazole rings is 1. The average Bonchev–Trinajstić information content (AvgIpc) is 3.08. The van der Waals surface area contributed by atoms with Gasteiger partial charge in [-0.3, -0.25) is 14.4 Å². The molecule has 0 bridgehead atoms. The van der Waals surface area contributed by atoms with Crippen LogP contribution in [0.2, 0.25) is 0 Å². The maximum Gasteiger partial charge on any atom is 0.159 e. The zero-order valence-electron chi connectivity index (χ0n) is 14.7. The zero-order valence-corrected chi connectivity index (χ0v) is 16.3. The lowest BCUT2D eigenvalue weighted by atomic mass is 9.96. The van der Waals surface area contributed by atoms with Crippen LogP contribution >= 0.6 is 15.9 Å². The van der Waals surface area contributed by atoms with Gasteiger partial charge in [-0.25, -0.2) is 4.98 Å². The Bertz CT molecular complexity index is 1170. The number of rotatable bonds is 4. The summed E-state index contributed by atoms with van der Waals surface area (Å²) in [5.41, 5.74) is 6.46. The number of nitriles is 1. The molecule has 0 N–H and O–H groups in total. The molecule has 6 heteroatoms. The van der Waals surface area contributed by atoms with Gasteiger partial charge in [-0.15, -0.1) is 0 Å². The van der Waals surface area contributed by atoms with Gasteiger partial charge in [-0.2, -0.15) is 5.26 Å². The highest BCUT2D eigenvalue weighted by Crippen LogP contribution is 2.25. The normalized spacial score (nSPS) is 10.9. The molecule has 0 aliphatic carbocycles. The van der Waals surface area contributed by atoms with E-state index in [9.17, 15) is 5.26 Å². The summed E-state index contributed by atoms with van der Waals surface area (Å²) in [6, 6.07) is 12.3. The van der Waals surface area contributed by atoms with E-state index in [1.54, 1.807) is 18.6 Å². The van der Waals surface area contributed by atoms with Crippen molar-refractivity contribution < 1.29 is 0 Å². The van der Waals surface area contributed by atoms with Gasteiger partial charge >= 0.3 is 0 Å². The monoisotopic (exact) mass is 417 g/mol. The number of pyridine rings is 1. The number of aryl methyl sites for hydroxylation is 3. The van der Waals surface area contributed by atoms with Crippen molar-refractivity contribution in [3.05, 3.63) is 82.2 Å². The van der Waals surface area contributed by atoms with Crippen molar-refractivity contribution in [1.82, 2.24) is 19.4 Å². The lowest BCUT2D eigenvalue weighted by Gasteiger charge is -2.08. The molecule has 0 atom stereocenters. The molecule has 132 valence electrons. The fraction of sp³-hybridized carbons (Fsp3) is 0.143. The molecule has 27 heavy (non-hydrogen) atoms. The molecule has 5 nitrogen and oxygen atoms in total. The quantitative estimate of drug-likeness (QED) is 0.489. The molecule has 0 aliphatic rings. The van der Waals surface area contributed by atoms with Crippen LogP contribution in [-0.2, 0) is 12.8 Å². The Morgan fingerprint density at radius 1 is 1.07 bits per heavy atom. The second-order valence-corrected chi connectivity index (χ2v) is 7.14. The molecule has 0 fully saturated rings. The van der Waals surface area contributed by atoms with Crippen LogP contribution in [0.5, 0.6) is 0 Å². The van der Waals surface area contributed by atoms with Gasteiger partial charge < -0.3 is 0 Å². The van der Waals surface area contributed by atoms with Crippen LogP contribution in [0.25, 0.3) is 16.8 Å². The van der Waals surface area contributed by atoms with Gasteiger partial charge in [0.1, 0.15) is 4.60 Å². The summed E-state index contributed by atoms with van der Waals surface area (Å²) in [6.07, 6.45) is 8.77. The van der Waals surface area contributed by atoms with E-state index in [1.165, 1.54) is 0 Å². The van der Waals surface area contributed by atoms with Gasteiger partial charge in [0.15, 0.2) is 5.65 Å². The predicted molar refractivity (Wildman–Crippen MR) is 107 cm³/mol. The minimum Gasteiger partial charge on any atom is -0.291 e. The summed E-state index contributed by atoms with van der Waals surface area (Å²) in [5.74, 6) is 0. The standard InChI is InChI=1S/C21H16BrN5/c1-14-10-16(6-7-24-14)18-4-2-15(11-17(18)12-23)3-5-19-21-26-13-20(22)27(21)9-8-25-19/h2,4,6-11,13H,3,5H2,1H3. The number of aromatic nitrogens is 4. The Balaban J connectivity index is 1.61. The molecule has 3 aromatic heterocycles. The zero-order chi connectivity index (χ0) is 18.8. The van der Waals surface area contributed by atoms with E-state index >= 15 is 0 Å². The highest BCUT2D eigenvalue weighted by atomic mass is 79.9. The number of nitrogens with zero attached hydrogens (tertiary/aromatic N) is 5. The Morgan fingerprint density at radius 3 is 2.78 bits per heavy atom. The van der Waals surface area contributed by atoms with E-state index in [-0.39, 0.29) is 0 Å². The van der Waals surface area contributed by atoms with Crippen LogP contribution in [0.3, 0.4) is 0 Å².